The number of carbonyl (C=O) groups is 1. The maximum atomic E-state index is 13.9. The standard InChI is InChI=1S/C16H17F2N3O2/c1-16(2,3)15-19-14(23-20-15)9-6-13(22)21(8-9)12-7-10(17)4-5-11(12)18/h4-5,7,9H,6,8H2,1-3H3. The van der Waals surface area contributed by atoms with Crippen molar-refractivity contribution in [2.75, 3.05) is 11.4 Å². The number of hydrogen-bond donors (Lipinski definition) is 0. The van der Waals surface area contributed by atoms with Crippen molar-refractivity contribution >= 4 is 11.6 Å². The summed E-state index contributed by atoms with van der Waals surface area (Å²) < 4.78 is 32.5. The lowest BCUT2D eigenvalue weighted by atomic mass is 9.96. The molecule has 0 bridgehead atoms. The molecule has 1 saturated heterocycles. The maximum Gasteiger partial charge on any atom is 0.232 e. The topological polar surface area (TPSA) is 59.2 Å². The highest BCUT2D eigenvalue weighted by Crippen LogP contribution is 2.33. The number of carbonyl (C=O) groups excluding carboxylic acids is 1. The van der Waals surface area contributed by atoms with Crippen molar-refractivity contribution in [2.24, 2.45) is 0 Å². The fourth-order valence-electron chi connectivity index (χ4n) is 2.50. The molecule has 0 saturated carbocycles. The van der Waals surface area contributed by atoms with Gasteiger partial charge in [-0.1, -0.05) is 25.9 Å². The zero-order chi connectivity index (χ0) is 16.8. The van der Waals surface area contributed by atoms with Crippen LogP contribution in [-0.2, 0) is 10.2 Å². The molecule has 0 N–H and O–H groups in total. The van der Waals surface area contributed by atoms with E-state index in [9.17, 15) is 13.6 Å². The molecule has 1 aliphatic heterocycles. The van der Waals surface area contributed by atoms with Gasteiger partial charge in [-0.25, -0.2) is 8.78 Å². The van der Waals surface area contributed by atoms with Gasteiger partial charge in [0, 0.05) is 24.4 Å². The number of anilines is 1. The molecular formula is C16H17F2N3O2. The first-order valence-electron chi connectivity index (χ1n) is 7.35. The average molecular weight is 321 g/mol. The van der Waals surface area contributed by atoms with Crippen molar-refractivity contribution < 1.29 is 18.1 Å². The van der Waals surface area contributed by atoms with Crippen LogP contribution in [0.15, 0.2) is 22.7 Å². The lowest BCUT2D eigenvalue weighted by Crippen LogP contribution is -2.25. The Kier molecular flexibility index (Phi) is 3.66. The molecule has 1 aliphatic rings. The lowest BCUT2D eigenvalue weighted by molar-refractivity contribution is -0.117. The molecule has 1 amide bonds. The highest BCUT2D eigenvalue weighted by molar-refractivity contribution is 5.96. The van der Waals surface area contributed by atoms with Crippen LogP contribution in [0.5, 0.6) is 0 Å². The van der Waals surface area contributed by atoms with Crippen LogP contribution >= 0.6 is 0 Å². The van der Waals surface area contributed by atoms with Gasteiger partial charge in [-0.15, -0.1) is 0 Å². The molecule has 0 spiro atoms. The Bertz CT molecular complexity index is 752. The Morgan fingerprint density at radius 3 is 2.70 bits per heavy atom. The number of nitrogens with zero attached hydrogens (tertiary/aromatic N) is 3. The molecule has 1 unspecified atom stereocenters. The van der Waals surface area contributed by atoms with Crippen molar-refractivity contribution in [1.29, 1.82) is 0 Å². The minimum Gasteiger partial charge on any atom is -0.339 e. The largest absolute Gasteiger partial charge is 0.339 e. The summed E-state index contributed by atoms with van der Waals surface area (Å²) in [5, 5.41) is 3.94. The summed E-state index contributed by atoms with van der Waals surface area (Å²) in [7, 11) is 0. The summed E-state index contributed by atoms with van der Waals surface area (Å²) in [6.45, 7) is 6.05. The number of rotatable bonds is 2. The van der Waals surface area contributed by atoms with E-state index in [1.165, 1.54) is 4.90 Å². The summed E-state index contributed by atoms with van der Waals surface area (Å²) in [4.78, 5) is 17.7. The van der Waals surface area contributed by atoms with Crippen LogP contribution < -0.4 is 4.90 Å². The first-order valence-corrected chi connectivity index (χ1v) is 7.35. The number of halogens is 2. The molecular weight excluding hydrogens is 304 g/mol. The van der Waals surface area contributed by atoms with Crippen LogP contribution in [0.1, 0.15) is 44.8 Å². The molecule has 1 atom stereocenters. The van der Waals surface area contributed by atoms with E-state index in [1.807, 2.05) is 20.8 Å². The molecule has 7 heteroatoms. The first-order chi connectivity index (χ1) is 10.8. The Morgan fingerprint density at radius 1 is 1.30 bits per heavy atom. The van der Waals surface area contributed by atoms with E-state index in [2.05, 4.69) is 10.1 Å². The van der Waals surface area contributed by atoms with Crippen molar-refractivity contribution in [3.8, 4) is 0 Å². The average Bonchev–Trinajstić information content (AvgIpc) is 3.07. The number of benzene rings is 1. The lowest BCUT2D eigenvalue weighted by Gasteiger charge is -2.16. The van der Waals surface area contributed by atoms with Crippen molar-refractivity contribution in [2.45, 2.75) is 38.5 Å². The van der Waals surface area contributed by atoms with E-state index in [0.29, 0.717) is 11.7 Å². The maximum absolute atomic E-state index is 13.9. The second kappa shape index (κ2) is 5.40. The summed E-state index contributed by atoms with van der Waals surface area (Å²) in [5.74, 6) is -0.950. The van der Waals surface area contributed by atoms with E-state index in [0.717, 1.165) is 18.2 Å². The molecule has 3 rings (SSSR count). The van der Waals surface area contributed by atoms with Crippen LogP contribution in [0.25, 0.3) is 0 Å². The van der Waals surface area contributed by atoms with Gasteiger partial charge in [0.15, 0.2) is 5.82 Å². The van der Waals surface area contributed by atoms with Crippen molar-refractivity contribution in [3.05, 3.63) is 41.5 Å². The molecule has 1 aromatic carbocycles. The number of amides is 1. The van der Waals surface area contributed by atoms with Crippen LogP contribution in [0.2, 0.25) is 0 Å². The van der Waals surface area contributed by atoms with Gasteiger partial charge < -0.3 is 9.42 Å². The van der Waals surface area contributed by atoms with E-state index in [-0.39, 0.29) is 35.9 Å². The minimum atomic E-state index is -0.638. The van der Waals surface area contributed by atoms with Gasteiger partial charge in [0.25, 0.3) is 0 Å². The Balaban J connectivity index is 1.85. The third kappa shape index (κ3) is 2.95. The Labute approximate surface area is 132 Å². The molecule has 1 aromatic heterocycles. The smallest absolute Gasteiger partial charge is 0.232 e. The zero-order valence-corrected chi connectivity index (χ0v) is 13.1. The predicted octanol–water partition coefficient (Wildman–Crippen LogP) is 3.17. The first kappa shape index (κ1) is 15.6. The number of hydrogen-bond acceptors (Lipinski definition) is 4. The fourth-order valence-corrected chi connectivity index (χ4v) is 2.50. The van der Waals surface area contributed by atoms with Crippen LogP contribution in [0.4, 0.5) is 14.5 Å². The van der Waals surface area contributed by atoms with Gasteiger partial charge in [0.2, 0.25) is 11.8 Å². The van der Waals surface area contributed by atoms with E-state index >= 15 is 0 Å². The van der Waals surface area contributed by atoms with E-state index < -0.39 is 11.6 Å². The van der Waals surface area contributed by atoms with Gasteiger partial charge in [-0.3, -0.25) is 4.79 Å². The summed E-state index contributed by atoms with van der Waals surface area (Å²) in [6.07, 6.45) is 0.127. The summed E-state index contributed by atoms with van der Waals surface area (Å²) in [6, 6.07) is 3.05. The highest BCUT2D eigenvalue weighted by Gasteiger charge is 2.37. The van der Waals surface area contributed by atoms with Crippen LogP contribution in [0, 0.1) is 11.6 Å². The van der Waals surface area contributed by atoms with Gasteiger partial charge in [-0.2, -0.15) is 4.98 Å². The SMILES string of the molecule is CC(C)(C)c1noc(C2CC(=O)N(c3cc(F)ccc3F)C2)n1. The number of aromatic nitrogens is 2. The van der Waals surface area contributed by atoms with Crippen molar-refractivity contribution in [1.82, 2.24) is 10.1 Å². The molecule has 0 aliphatic carbocycles. The van der Waals surface area contributed by atoms with E-state index in [4.69, 9.17) is 4.52 Å². The normalized spacial score (nSPS) is 18.7. The molecule has 0 radical (unpaired) electrons. The van der Waals surface area contributed by atoms with Crippen LogP contribution in [0.3, 0.4) is 0 Å². The quantitative estimate of drug-likeness (QED) is 0.852. The minimum absolute atomic E-state index is 0.0620. The second-order valence-corrected chi connectivity index (χ2v) is 6.71. The van der Waals surface area contributed by atoms with Crippen LogP contribution in [-0.4, -0.2) is 22.6 Å². The molecule has 2 aromatic rings. The summed E-state index contributed by atoms with van der Waals surface area (Å²) in [5.41, 5.74) is -0.327. The molecule has 1 fully saturated rings. The molecule has 2 heterocycles. The summed E-state index contributed by atoms with van der Waals surface area (Å²) >= 11 is 0. The molecule has 122 valence electrons. The third-order valence-electron chi connectivity index (χ3n) is 3.79. The van der Waals surface area contributed by atoms with E-state index in [1.54, 1.807) is 0 Å². The Morgan fingerprint density at radius 2 is 2.04 bits per heavy atom. The molecule has 5 nitrogen and oxygen atoms in total. The highest BCUT2D eigenvalue weighted by atomic mass is 19.1. The van der Waals surface area contributed by atoms with Gasteiger partial charge in [0.05, 0.1) is 11.6 Å². The van der Waals surface area contributed by atoms with Crippen molar-refractivity contribution in [3.63, 3.8) is 0 Å². The zero-order valence-electron chi connectivity index (χ0n) is 13.1. The van der Waals surface area contributed by atoms with Gasteiger partial charge >= 0.3 is 0 Å². The fraction of sp³-hybridized carbons (Fsp3) is 0.438. The Hall–Kier alpha value is -2.31. The second-order valence-electron chi connectivity index (χ2n) is 6.71. The predicted molar refractivity (Wildman–Crippen MR) is 79.1 cm³/mol. The molecule has 23 heavy (non-hydrogen) atoms. The monoisotopic (exact) mass is 321 g/mol. The third-order valence-corrected chi connectivity index (χ3v) is 3.79. The van der Waals surface area contributed by atoms with Gasteiger partial charge in [0.1, 0.15) is 11.6 Å². The van der Waals surface area contributed by atoms with Gasteiger partial charge in [-0.05, 0) is 12.1 Å².